The van der Waals surface area contributed by atoms with Crippen LogP contribution < -0.4 is 0 Å². The molecule has 0 amide bonds. The van der Waals surface area contributed by atoms with Crippen LogP contribution in [0.25, 0.3) is 0 Å². The van der Waals surface area contributed by atoms with Gasteiger partial charge in [0.25, 0.3) is 0 Å². The highest BCUT2D eigenvalue weighted by atomic mass is 16.1. The van der Waals surface area contributed by atoms with Gasteiger partial charge in [-0.1, -0.05) is 87.4 Å². The smallest absolute Gasteiger partial charge is 0.163 e. The fourth-order valence-electron chi connectivity index (χ4n) is 3.66. The number of aryl methyl sites for hydroxylation is 1. The van der Waals surface area contributed by atoms with Gasteiger partial charge >= 0.3 is 0 Å². The standard InChI is InChI=1S/C25H32O2/c1-3-4-18-25(2,20-24(27)22-15-9-6-10-16-22)19-23(26)17-11-14-21-12-7-5-8-13-21/h5-10,12-13,15-16H,3-4,11,14,17-20H2,1-2H3/t25-/m1/s1. The van der Waals surface area contributed by atoms with Gasteiger partial charge < -0.3 is 0 Å². The lowest BCUT2D eigenvalue weighted by Gasteiger charge is -2.28. The first-order valence-electron chi connectivity index (χ1n) is 10.2. The molecule has 0 saturated heterocycles. The predicted octanol–water partition coefficient (Wildman–Crippen LogP) is 6.44. The molecule has 0 heterocycles. The maximum Gasteiger partial charge on any atom is 0.163 e. The van der Waals surface area contributed by atoms with E-state index in [1.54, 1.807) is 0 Å². The number of Topliss-reactive ketones (excluding diaryl/α,β-unsaturated/α-hetero) is 2. The van der Waals surface area contributed by atoms with E-state index in [9.17, 15) is 9.59 Å². The molecule has 0 spiro atoms. The summed E-state index contributed by atoms with van der Waals surface area (Å²) in [4.78, 5) is 25.3. The molecule has 144 valence electrons. The molecule has 27 heavy (non-hydrogen) atoms. The third-order valence-corrected chi connectivity index (χ3v) is 5.20. The first kappa shape index (κ1) is 21.1. The Morgan fingerprint density at radius 2 is 1.48 bits per heavy atom. The molecule has 2 nitrogen and oxygen atoms in total. The van der Waals surface area contributed by atoms with Crippen LogP contribution in [0.5, 0.6) is 0 Å². The highest BCUT2D eigenvalue weighted by molar-refractivity contribution is 5.96. The summed E-state index contributed by atoms with van der Waals surface area (Å²) in [7, 11) is 0. The van der Waals surface area contributed by atoms with Gasteiger partial charge in [-0.3, -0.25) is 9.59 Å². The van der Waals surface area contributed by atoms with Gasteiger partial charge in [0.15, 0.2) is 5.78 Å². The number of unbranched alkanes of at least 4 members (excludes halogenated alkanes) is 1. The van der Waals surface area contributed by atoms with E-state index in [4.69, 9.17) is 0 Å². The second kappa shape index (κ2) is 10.8. The molecule has 2 rings (SSSR count). The summed E-state index contributed by atoms with van der Waals surface area (Å²) in [6.45, 7) is 4.26. The van der Waals surface area contributed by atoms with Gasteiger partial charge in [-0.05, 0) is 30.2 Å². The summed E-state index contributed by atoms with van der Waals surface area (Å²) < 4.78 is 0. The summed E-state index contributed by atoms with van der Waals surface area (Å²) in [5.74, 6) is 0.427. The van der Waals surface area contributed by atoms with E-state index >= 15 is 0 Å². The second-order valence-electron chi connectivity index (χ2n) is 7.93. The van der Waals surface area contributed by atoms with E-state index in [2.05, 4.69) is 26.0 Å². The number of hydrogen-bond acceptors (Lipinski definition) is 2. The van der Waals surface area contributed by atoms with Gasteiger partial charge in [0.2, 0.25) is 0 Å². The summed E-state index contributed by atoms with van der Waals surface area (Å²) in [5.41, 5.74) is 1.78. The zero-order chi connectivity index (χ0) is 19.5. The molecule has 0 bridgehead atoms. The third kappa shape index (κ3) is 7.50. The van der Waals surface area contributed by atoms with Crippen molar-refractivity contribution in [2.45, 2.75) is 65.2 Å². The van der Waals surface area contributed by atoms with Crippen LogP contribution in [0.3, 0.4) is 0 Å². The molecular formula is C25H32O2. The molecule has 0 aliphatic rings. The average Bonchev–Trinajstić information content (AvgIpc) is 2.68. The molecule has 2 aromatic carbocycles. The summed E-state index contributed by atoms with van der Waals surface area (Å²) >= 11 is 0. The lowest BCUT2D eigenvalue weighted by molar-refractivity contribution is -0.121. The van der Waals surface area contributed by atoms with Gasteiger partial charge in [0, 0.05) is 24.8 Å². The van der Waals surface area contributed by atoms with Gasteiger partial charge in [0.05, 0.1) is 0 Å². The van der Waals surface area contributed by atoms with Crippen LogP contribution in [0.15, 0.2) is 60.7 Å². The third-order valence-electron chi connectivity index (χ3n) is 5.20. The van der Waals surface area contributed by atoms with Crippen molar-refractivity contribution in [2.24, 2.45) is 5.41 Å². The van der Waals surface area contributed by atoms with Crippen molar-refractivity contribution in [1.82, 2.24) is 0 Å². The van der Waals surface area contributed by atoms with Crippen LogP contribution >= 0.6 is 0 Å². The Morgan fingerprint density at radius 3 is 2.11 bits per heavy atom. The monoisotopic (exact) mass is 364 g/mol. The molecule has 2 aromatic rings. The van der Waals surface area contributed by atoms with Crippen LogP contribution in [-0.2, 0) is 11.2 Å². The first-order valence-corrected chi connectivity index (χ1v) is 10.2. The topological polar surface area (TPSA) is 34.1 Å². The fraction of sp³-hybridized carbons (Fsp3) is 0.440. The zero-order valence-corrected chi connectivity index (χ0v) is 16.7. The molecule has 0 aliphatic carbocycles. The van der Waals surface area contributed by atoms with Gasteiger partial charge in [-0.15, -0.1) is 0 Å². The minimum atomic E-state index is -0.243. The minimum Gasteiger partial charge on any atom is -0.300 e. The molecule has 0 unspecified atom stereocenters. The van der Waals surface area contributed by atoms with Crippen LogP contribution in [0.2, 0.25) is 0 Å². The van der Waals surface area contributed by atoms with E-state index < -0.39 is 0 Å². The summed E-state index contributed by atoms with van der Waals surface area (Å²) in [5, 5.41) is 0. The number of rotatable bonds is 12. The van der Waals surface area contributed by atoms with Crippen molar-refractivity contribution in [3.63, 3.8) is 0 Å². The highest BCUT2D eigenvalue weighted by Gasteiger charge is 2.29. The minimum absolute atomic E-state index is 0.145. The Kier molecular flexibility index (Phi) is 8.44. The Hall–Kier alpha value is -2.22. The number of ketones is 2. The van der Waals surface area contributed by atoms with E-state index in [0.717, 1.165) is 37.7 Å². The number of benzene rings is 2. The molecule has 0 aromatic heterocycles. The zero-order valence-electron chi connectivity index (χ0n) is 16.7. The van der Waals surface area contributed by atoms with Gasteiger partial charge in [-0.2, -0.15) is 0 Å². The molecule has 0 N–H and O–H groups in total. The van der Waals surface area contributed by atoms with Crippen LogP contribution in [0, 0.1) is 5.41 Å². The van der Waals surface area contributed by atoms with Gasteiger partial charge in [-0.25, -0.2) is 0 Å². The van der Waals surface area contributed by atoms with E-state index in [1.807, 2.05) is 48.5 Å². The van der Waals surface area contributed by atoms with Crippen LogP contribution in [-0.4, -0.2) is 11.6 Å². The largest absolute Gasteiger partial charge is 0.300 e. The first-order chi connectivity index (χ1) is 13.0. The van der Waals surface area contributed by atoms with Crippen molar-refractivity contribution in [2.75, 3.05) is 0 Å². The molecular weight excluding hydrogens is 332 g/mol. The normalized spacial score (nSPS) is 13.1. The maximum absolute atomic E-state index is 12.7. The SMILES string of the molecule is CCCC[C@](C)(CC(=O)CCCc1ccccc1)CC(=O)c1ccccc1. The van der Waals surface area contributed by atoms with Crippen molar-refractivity contribution in [3.05, 3.63) is 71.8 Å². The van der Waals surface area contributed by atoms with Crippen molar-refractivity contribution >= 4 is 11.6 Å². The number of hydrogen-bond donors (Lipinski definition) is 0. The van der Waals surface area contributed by atoms with E-state index in [-0.39, 0.29) is 17.0 Å². The molecule has 0 fully saturated rings. The molecule has 0 radical (unpaired) electrons. The number of carbonyl (C=O) groups excluding carboxylic acids is 2. The van der Waals surface area contributed by atoms with Crippen molar-refractivity contribution < 1.29 is 9.59 Å². The molecule has 0 aliphatic heterocycles. The predicted molar refractivity (Wildman–Crippen MR) is 112 cm³/mol. The Morgan fingerprint density at radius 1 is 0.852 bits per heavy atom. The lowest BCUT2D eigenvalue weighted by atomic mass is 9.75. The summed E-state index contributed by atoms with van der Waals surface area (Å²) in [6.07, 6.45) is 6.40. The van der Waals surface area contributed by atoms with E-state index in [0.29, 0.717) is 19.3 Å². The average molecular weight is 365 g/mol. The fourth-order valence-corrected chi connectivity index (χ4v) is 3.66. The van der Waals surface area contributed by atoms with Crippen LogP contribution in [0.4, 0.5) is 0 Å². The maximum atomic E-state index is 12.7. The lowest BCUT2D eigenvalue weighted by Crippen LogP contribution is -2.25. The highest BCUT2D eigenvalue weighted by Crippen LogP contribution is 2.34. The van der Waals surface area contributed by atoms with E-state index in [1.165, 1.54) is 5.56 Å². The molecule has 0 saturated carbocycles. The summed E-state index contributed by atoms with van der Waals surface area (Å²) in [6, 6.07) is 19.7. The second-order valence-corrected chi connectivity index (χ2v) is 7.93. The molecule has 1 atom stereocenters. The van der Waals surface area contributed by atoms with Gasteiger partial charge in [0.1, 0.15) is 5.78 Å². The Bertz CT molecular complexity index is 706. The number of carbonyl (C=O) groups is 2. The molecule has 2 heteroatoms. The van der Waals surface area contributed by atoms with Crippen molar-refractivity contribution in [3.8, 4) is 0 Å². The van der Waals surface area contributed by atoms with Crippen molar-refractivity contribution in [1.29, 1.82) is 0 Å². The van der Waals surface area contributed by atoms with Crippen LogP contribution in [0.1, 0.15) is 74.7 Å². The Balaban J connectivity index is 1.91. The Labute approximate surface area is 164 Å². The quantitative estimate of drug-likeness (QED) is 0.406.